The number of benzene rings is 2. The van der Waals surface area contributed by atoms with E-state index < -0.39 is 0 Å². The third kappa shape index (κ3) is 6.45. The highest BCUT2D eigenvalue weighted by Crippen LogP contribution is 2.38. The Morgan fingerprint density at radius 3 is 2.67 bits per heavy atom. The number of rotatable bonds is 11. The number of anilines is 4. The highest BCUT2D eigenvalue weighted by atomic mass is 16.5. The lowest BCUT2D eigenvalue weighted by atomic mass is 10.1. The molecule has 2 aromatic heterocycles. The zero-order valence-electron chi connectivity index (χ0n) is 23.1. The Morgan fingerprint density at radius 2 is 1.92 bits per heavy atom. The van der Waals surface area contributed by atoms with Gasteiger partial charge < -0.3 is 29.7 Å². The minimum atomic E-state index is -0.262. The van der Waals surface area contributed by atoms with Crippen molar-refractivity contribution in [2.75, 3.05) is 56.9 Å². The Morgan fingerprint density at radius 1 is 1.13 bits per heavy atom. The van der Waals surface area contributed by atoms with Gasteiger partial charge in [-0.2, -0.15) is 0 Å². The van der Waals surface area contributed by atoms with E-state index in [-0.39, 0.29) is 5.91 Å². The number of nitrogens with one attached hydrogen (secondary N) is 2. The first-order valence-corrected chi connectivity index (χ1v) is 12.6. The van der Waals surface area contributed by atoms with Gasteiger partial charge in [-0.25, -0.2) is 9.97 Å². The maximum absolute atomic E-state index is 12.6. The molecule has 2 heterocycles. The van der Waals surface area contributed by atoms with Crippen molar-refractivity contribution in [3.63, 3.8) is 0 Å². The van der Waals surface area contributed by atoms with E-state index in [2.05, 4.69) is 54.9 Å². The van der Waals surface area contributed by atoms with Crippen molar-refractivity contribution in [1.29, 1.82) is 0 Å². The number of hydrogen-bond acceptors (Lipinski definition) is 7. The minimum absolute atomic E-state index is 0.262. The van der Waals surface area contributed by atoms with Crippen molar-refractivity contribution in [1.82, 2.24) is 19.4 Å². The van der Waals surface area contributed by atoms with Crippen LogP contribution in [0.1, 0.15) is 0 Å². The molecule has 0 aliphatic rings. The first-order chi connectivity index (χ1) is 18.8. The summed E-state index contributed by atoms with van der Waals surface area (Å²) in [7, 11) is 9.67. The van der Waals surface area contributed by atoms with E-state index in [1.54, 1.807) is 25.5 Å². The predicted molar refractivity (Wildman–Crippen MR) is 160 cm³/mol. The average molecular weight is 526 g/mol. The van der Waals surface area contributed by atoms with Crippen LogP contribution in [0, 0.1) is 0 Å². The Balaban J connectivity index is 1.71. The van der Waals surface area contributed by atoms with Gasteiger partial charge in [0, 0.05) is 68.2 Å². The third-order valence-electron chi connectivity index (χ3n) is 6.33. The average Bonchev–Trinajstić information content (AvgIpc) is 3.27. The summed E-state index contributed by atoms with van der Waals surface area (Å²) in [5, 5.41) is 7.39. The number of para-hydroxylation sites is 1. The standard InChI is InChI=1S/C30H35N7O2/c1-7-8-13-29(38)32-24-18-25(28(39-6)19-27(24)36(4)17-16-35(2)3)34-30-31-15-14-23(33-30)22-20-37(5)26-12-10-9-11-21(22)26/h7-15,18-20H,1,16-17H2,2-6H3,(H,32,38)(H,31,33,34)/b13-8+. The van der Waals surface area contributed by atoms with Crippen LogP contribution in [0.3, 0.4) is 0 Å². The lowest BCUT2D eigenvalue weighted by Crippen LogP contribution is -2.29. The van der Waals surface area contributed by atoms with Gasteiger partial charge in [-0.05, 0) is 32.3 Å². The summed E-state index contributed by atoms with van der Waals surface area (Å²) in [4.78, 5) is 26.0. The molecule has 2 N–H and O–H groups in total. The number of carbonyl (C=O) groups is 1. The van der Waals surface area contributed by atoms with Crippen molar-refractivity contribution in [3.8, 4) is 17.0 Å². The zero-order chi connectivity index (χ0) is 27.9. The van der Waals surface area contributed by atoms with Crippen LogP contribution in [0.25, 0.3) is 22.2 Å². The molecule has 0 aliphatic carbocycles. The van der Waals surface area contributed by atoms with Crippen LogP contribution < -0.4 is 20.3 Å². The molecular formula is C30H35N7O2. The van der Waals surface area contributed by atoms with Crippen molar-refractivity contribution in [2.45, 2.75) is 0 Å². The van der Waals surface area contributed by atoms with Crippen LogP contribution in [-0.2, 0) is 11.8 Å². The normalized spacial score (nSPS) is 11.2. The fourth-order valence-corrected chi connectivity index (χ4v) is 4.29. The van der Waals surface area contributed by atoms with Gasteiger partial charge in [0.05, 0.1) is 29.9 Å². The first-order valence-electron chi connectivity index (χ1n) is 12.6. The summed E-state index contributed by atoms with van der Waals surface area (Å²) in [5.41, 5.74) is 5.02. The summed E-state index contributed by atoms with van der Waals surface area (Å²) < 4.78 is 7.82. The number of ether oxygens (including phenoxy) is 1. The molecule has 0 fully saturated rings. The molecule has 0 saturated heterocycles. The topological polar surface area (TPSA) is 87.5 Å². The Kier molecular flexibility index (Phi) is 8.63. The summed E-state index contributed by atoms with van der Waals surface area (Å²) in [6.45, 7) is 5.23. The van der Waals surface area contributed by atoms with Crippen molar-refractivity contribution >= 4 is 39.8 Å². The molecule has 1 amide bonds. The van der Waals surface area contributed by atoms with Gasteiger partial charge >= 0.3 is 0 Å². The van der Waals surface area contributed by atoms with Crippen LogP contribution in [0.2, 0.25) is 0 Å². The third-order valence-corrected chi connectivity index (χ3v) is 6.33. The molecule has 0 radical (unpaired) electrons. The summed E-state index contributed by atoms with van der Waals surface area (Å²) in [6, 6.07) is 13.9. The van der Waals surface area contributed by atoms with Gasteiger partial charge in [-0.1, -0.05) is 36.9 Å². The van der Waals surface area contributed by atoms with E-state index in [1.807, 2.05) is 58.5 Å². The molecule has 0 atom stereocenters. The number of aryl methyl sites for hydroxylation is 1. The number of carbonyl (C=O) groups excluding carboxylic acids is 1. The smallest absolute Gasteiger partial charge is 0.248 e. The number of fused-ring (bicyclic) bond motifs is 1. The Labute approximate surface area is 229 Å². The molecule has 0 aliphatic heterocycles. The summed E-state index contributed by atoms with van der Waals surface area (Å²) in [6.07, 6.45) is 8.39. The van der Waals surface area contributed by atoms with E-state index in [9.17, 15) is 4.79 Å². The first kappa shape index (κ1) is 27.4. The lowest BCUT2D eigenvalue weighted by Gasteiger charge is -2.26. The van der Waals surface area contributed by atoms with Gasteiger partial charge in [-0.15, -0.1) is 0 Å². The Hall–Kier alpha value is -4.63. The fraction of sp³-hybridized carbons (Fsp3) is 0.233. The highest BCUT2D eigenvalue weighted by molar-refractivity contribution is 6.02. The molecule has 2 aromatic carbocycles. The van der Waals surface area contributed by atoms with Gasteiger partial charge in [0.15, 0.2) is 0 Å². The molecule has 9 nitrogen and oxygen atoms in total. The lowest BCUT2D eigenvalue weighted by molar-refractivity contribution is -0.111. The predicted octanol–water partition coefficient (Wildman–Crippen LogP) is 5.07. The number of hydrogen-bond donors (Lipinski definition) is 2. The zero-order valence-corrected chi connectivity index (χ0v) is 23.1. The monoisotopic (exact) mass is 525 g/mol. The number of amides is 1. The van der Waals surface area contributed by atoms with Crippen molar-refractivity contribution in [3.05, 3.63) is 79.7 Å². The van der Waals surface area contributed by atoms with Gasteiger partial charge in [0.2, 0.25) is 11.9 Å². The second kappa shape index (κ2) is 12.3. The number of nitrogens with zero attached hydrogens (tertiary/aromatic N) is 5. The van der Waals surface area contributed by atoms with Gasteiger partial charge in [-0.3, -0.25) is 4.79 Å². The minimum Gasteiger partial charge on any atom is -0.494 e. The number of allylic oxidation sites excluding steroid dienone is 2. The SMILES string of the molecule is C=C/C=C/C(=O)Nc1cc(Nc2nccc(-c3cn(C)c4ccccc34)n2)c(OC)cc1N(C)CCN(C)C. The van der Waals surface area contributed by atoms with Gasteiger partial charge in [0.1, 0.15) is 5.75 Å². The van der Waals surface area contributed by atoms with Crippen LogP contribution >= 0.6 is 0 Å². The van der Waals surface area contributed by atoms with E-state index in [4.69, 9.17) is 9.72 Å². The van der Waals surface area contributed by atoms with E-state index in [1.165, 1.54) is 6.08 Å². The van der Waals surface area contributed by atoms with E-state index in [0.717, 1.165) is 40.9 Å². The second-order valence-corrected chi connectivity index (χ2v) is 9.44. The summed E-state index contributed by atoms with van der Waals surface area (Å²) in [5.74, 6) is 0.749. The molecule has 202 valence electrons. The molecule has 4 rings (SSSR count). The van der Waals surface area contributed by atoms with Crippen LogP contribution in [0.5, 0.6) is 5.75 Å². The maximum atomic E-state index is 12.6. The molecule has 0 saturated carbocycles. The summed E-state index contributed by atoms with van der Waals surface area (Å²) >= 11 is 0. The molecular weight excluding hydrogens is 490 g/mol. The quantitative estimate of drug-likeness (QED) is 0.209. The largest absolute Gasteiger partial charge is 0.494 e. The van der Waals surface area contributed by atoms with E-state index in [0.29, 0.717) is 23.1 Å². The number of methoxy groups -OCH3 is 1. The van der Waals surface area contributed by atoms with E-state index >= 15 is 0 Å². The molecule has 39 heavy (non-hydrogen) atoms. The highest BCUT2D eigenvalue weighted by Gasteiger charge is 2.17. The molecule has 0 bridgehead atoms. The Bertz CT molecular complexity index is 1510. The number of likely N-dealkylation sites (N-methyl/N-ethyl adjacent to an activating group) is 2. The van der Waals surface area contributed by atoms with Crippen LogP contribution in [-0.4, -0.2) is 66.7 Å². The van der Waals surface area contributed by atoms with Crippen LogP contribution in [0.15, 0.2) is 79.7 Å². The second-order valence-electron chi connectivity index (χ2n) is 9.44. The molecule has 0 unspecified atom stereocenters. The van der Waals surface area contributed by atoms with Gasteiger partial charge in [0.25, 0.3) is 0 Å². The fourth-order valence-electron chi connectivity index (χ4n) is 4.29. The molecule has 0 spiro atoms. The molecule has 4 aromatic rings. The van der Waals surface area contributed by atoms with Crippen molar-refractivity contribution < 1.29 is 9.53 Å². The number of aromatic nitrogens is 3. The van der Waals surface area contributed by atoms with Crippen molar-refractivity contribution in [2.24, 2.45) is 7.05 Å². The molecule has 9 heteroatoms. The maximum Gasteiger partial charge on any atom is 0.248 e. The van der Waals surface area contributed by atoms with Crippen LogP contribution in [0.4, 0.5) is 23.0 Å².